The first-order chi connectivity index (χ1) is 12.1. The van der Waals surface area contributed by atoms with Gasteiger partial charge in [-0.15, -0.1) is 0 Å². The summed E-state index contributed by atoms with van der Waals surface area (Å²) in [5.74, 6) is -2.84. The van der Waals surface area contributed by atoms with Crippen molar-refractivity contribution in [1.29, 1.82) is 0 Å². The summed E-state index contributed by atoms with van der Waals surface area (Å²) in [4.78, 5) is 12.5. The molecule has 0 aliphatic carbocycles. The number of carbonyl (C=O) groups is 1. The molecule has 0 saturated carbocycles. The van der Waals surface area contributed by atoms with Crippen LogP contribution < -0.4 is 15.6 Å². The normalized spacial score (nSPS) is 23.2. The molecule has 3 rings (SSSR count). The van der Waals surface area contributed by atoms with Crippen LogP contribution in [0.2, 0.25) is 0 Å². The molecule has 10 heteroatoms. The van der Waals surface area contributed by atoms with E-state index < -0.39 is 42.6 Å². The number of hydrogen-bond acceptors (Lipinski definition) is 3. The molecule has 1 atom stereocenters. The summed E-state index contributed by atoms with van der Waals surface area (Å²) in [6.45, 7) is 1.31. The van der Waals surface area contributed by atoms with Crippen molar-refractivity contribution in [1.82, 2.24) is 10.7 Å². The first-order valence-corrected chi connectivity index (χ1v) is 8.05. The lowest BCUT2D eigenvalue weighted by molar-refractivity contribution is -0.137. The number of hydrogen-bond donors (Lipinski definition) is 2. The van der Waals surface area contributed by atoms with Crippen molar-refractivity contribution in [2.45, 2.75) is 37.9 Å². The molecule has 2 aliphatic heterocycles. The first kappa shape index (κ1) is 18.4. The third-order valence-corrected chi connectivity index (χ3v) is 4.47. The number of nitrogens with zero attached hydrogens (tertiary/aromatic N) is 2. The van der Waals surface area contributed by atoms with Crippen molar-refractivity contribution in [2.24, 2.45) is 5.10 Å². The molecule has 0 aromatic heterocycles. The van der Waals surface area contributed by atoms with Gasteiger partial charge in [0.15, 0.2) is 0 Å². The number of piperidine rings is 1. The molecule has 0 bridgehead atoms. The number of amides is 2. The van der Waals surface area contributed by atoms with Gasteiger partial charge >= 0.3 is 12.2 Å². The van der Waals surface area contributed by atoms with E-state index in [1.54, 1.807) is 6.92 Å². The highest BCUT2D eigenvalue weighted by molar-refractivity contribution is 6.07. The van der Waals surface area contributed by atoms with Gasteiger partial charge in [-0.25, -0.2) is 19.0 Å². The van der Waals surface area contributed by atoms with Gasteiger partial charge in [0.1, 0.15) is 0 Å². The summed E-state index contributed by atoms with van der Waals surface area (Å²) in [6, 6.07) is 2.56. The van der Waals surface area contributed by atoms with E-state index in [0.717, 1.165) is 6.07 Å². The number of hydrazone groups is 1. The molecule has 5 nitrogen and oxygen atoms in total. The molecule has 0 unspecified atom stereocenters. The average Bonchev–Trinajstić information content (AvgIpc) is 2.54. The highest BCUT2D eigenvalue weighted by Crippen LogP contribution is 2.40. The van der Waals surface area contributed by atoms with Gasteiger partial charge in [0.2, 0.25) is 0 Å². The number of benzene rings is 1. The molecule has 0 radical (unpaired) electrons. The van der Waals surface area contributed by atoms with E-state index in [4.69, 9.17) is 0 Å². The van der Waals surface area contributed by atoms with E-state index in [0.29, 0.717) is 0 Å². The SMILES string of the molecule is C[C@@H]1NC(=O)NN=C1c1ccc(N2CCC(F)(F)CC2)c(C(F)(F)F)c1. The van der Waals surface area contributed by atoms with Crippen LogP contribution in [-0.4, -0.2) is 36.8 Å². The van der Waals surface area contributed by atoms with Crippen molar-refractivity contribution in [3.05, 3.63) is 29.3 Å². The van der Waals surface area contributed by atoms with Gasteiger partial charge in [0.25, 0.3) is 5.92 Å². The van der Waals surface area contributed by atoms with Crippen molar-refractivity contribution in [2.75, 3.05) is 18.0 Å². The van der Waals surface area contributed by atoms with Crippen molar-refractivity contribution in [3.8, 4) is 0 Å². The minimum Gasteiger partial charge on any atom is -0.371 e. The smallest absolute Gasteiger partial charge is 0.371 e. The molecule has 2 aliphatic rings. The highest BCUT2D eigenvalue weighted by Gasteiger charge is 2.39. The van der Waals surface area contributed by atoms with Crippen LogP contribution in [0.5, 0.6) is 0 Å². The van der Waals surface area contributed by atoms with Crippen LogP contribution in [0.1, 0.15) is 30.9 Å². The number of alkyl halides is 5. The standard InChI is InChI=1S/C16H17F5N4O/c1-9-13(23-24-14(26)22-9)10-2-3-12(11(8-10)16(19,20)21)25-6-4-15(17,18)5-7-25/h2-3,8-9H,4-7H2,1H3,(H2,22,24,26)/t9-/m0/s1. The Morgan fingerprint density at radius 2 is 1.88 bits per heavy atom. The van der Waals surface area contributed by atoms with Crippen molar-refractivity contribution >= 4 is 17.4 Å². The van der Waals surface area contributed by atoms with Gasteiger partial charge in [-0.05, 0) is 19.1 Å². The highest BCUT2D eigenvalue weighted by atomic mass is 19.4. The van der Waals surface area contributed by atoms with E-state index in [9.17, 15) is 26.7 Å². The molecule has 1 fully saturated rings. The predicted octanol–water partition coefficient (Wildman–Crippen LogP) is 3.35. The fraction of sp³-hybridized carbons (Fsp3) is 0.500. The Morgan fingerprint density at radius 1 is 1.23 bits per heavy atom. The molecule has 142 valence electrons. The van der Waals surface area contributed by atoms with Crippen LogP contribution in [0, 0.1) is 0 Å². The molecule has 1 aromatic carbocycles. The first-order valence-electron chi connectivity index (χ1n) is 8.05. The van der Waals surface area contributed by atoms with E-state index in [2.05, 4.69) is 15.8 Å². The molecule has 2 heterocycles. The lowest BCUT2D eigenvalue weighted by Crippen LogP contribution is -2.48. The molecule has 1 aromatic rings. The second-order valence-electron chi connectivity index (χ2n) is 6.38. The number of anilines is 1. The maximum atomic E-state index is 13.6. The number of rotatable bonds is 2. The molecular formula is C16H17F5N4O. The number of urea groups is 1. The van der Waals surface area contributed by atoms with Gasteiger partial charge < -0.3 is 10.2 Å². The van der Waals surface area contributed by atoms with E-state index in [1.165, 1.54) is 17.0 Å². The van der Waals surface area contributed by atoms with Gasteiger partial charge in [-0.1, -0.05) is 6.07 Å². The van der Waals surface area contributed by atoms with Gasteiger partial charge in [0, 0.05) is 37.2 Å². The van der Waals surface area contributed by atoms with Gasteiger partial charge in [-0.2, -0.15) is 18.3 Å². The lowest BCUT2D eigenvalue weighted by atomic mass is 9.98. The van der Waals surface area contributed by atoms with Crippen molar-refractivity contribution < 1.29 is 26.7 Å². The molecule has 2 N–H and O–H groups in total. The minimum absolute atomic E-state index is 0.127. The van der Waals surface area contributed by atoms with Crippen LogP contribution in [0.4, 0.5) is 32.4 Å². The quantitative estimate of drug-likeness (QED) is 0.778. The Bertz CT molecular complexity index is 737. The zero-order valence-corrected chi connectivity index (χ0v) is 13.8. The third kappa shape index (κ3) is 3.73. The number of halogens is 5. The zero-order valence-electron chi connectivity index (χ0n) is 13.8. The molecule has 2 amide bonds. The van der Waals surface area contributed by atoms with Crippen LogP contribution >= 0.6 is 0 Å². The maximum Gasteiger partial charge on any atom is 0.418 e. The summed E-state index contributed by atoms with van der Waals surface area (Å²) in [6.07, 6.45) is -5.61. The zero-order chi connectivity index (χ0) is 19.1. The monoisotopic (exact) mass is 376 g/mol. The Kier molecular flexibility index (Phi) is 4.53. The molecule has 0 spiro atoms. The van der Waals surface area contributed by atoms with Crippen LogP contribution in [0.3, 0.4) is 0 Å². The Morgan fingerprint density at radius 3 is 2.46 bits per heavy atom. The Labute approximate surface area is 146 Å². The van der Waals surface area contributed by atoms with E-state index in [1.807, 2.05) is 0 Å². The van der Waals surface area contributed by atoms with Crippen molar-refractivity contribution in [3.63, 3.8) is 0 Å². The largest absolute Gasteiger partial charge is 0.418 e. The second-order valence-corrected chi connectivity index (χ2v) is 6.38. The summed E-state index contributed by atoms with van der Waals surface area (Å²) in [5, 5.41) is 6.34. The third-order valence-electron chi connectivity index (χ3n) is 4.47. The number of nitrogens with one attached hydrogen (secondary N) is 2. The Hall–Kier alpha value is -2.39. The summed E-state index contributed by atoms with van der Waals surface area (Å²) in [5.41, 5.74) is 1.59. The summed E-state index contributed by atoms with van der Waals surface area (Å²) >= 11 is 0. The lowest BCUT2D eigenvalue weighted by Gasteiger charge is -2.35. The maximum absolute atomic E-state index is 13.6. The van der Waals surface area contributed by atoms with E-state index in [-0.39, 0.29) is 30.1 Å². The summed E-state index contributed by atoms with van der Waals surface area (Å²) in [7, 11) is 0. The molecule has 26 heavy (non-hydrogen) atoms. The second kappa shape index (κ2) is 6.40. The van der Waals surface area contributed by atoms with Crippen LogP contribution in [-0.2, 0) is 6.18 Å². The van der Waals surface area contributed by atoms with Gasteiger partial charge in [-0.3, -0.25) is 0 Å². The van der Waals surface area contributed by atoms with E-state index >= 15 is 0 Å². The minimum atomic E-state index is -4.65. The molecule has 1 saturated heterocycles. The topological polar surface area (TPSA) is 56.7 Å². The number of carbonyl (C=O) groups excluding carboxylic acids is 1. The molecular weight excluding hydrogens is 359 g/mol. The van der Waals surface area contributed by atoms with Crippen LogP contribution in [0.25, 0.3) is 0 Å². The average molecular weight is 376 g/mol. The Balaban J connectivity index is 1.96. The fourth-order valence-corrected chi connectivity index (χ4v) is 3.09. The fourth-order valence-electron chi connectivity index (χ4n) is 3.09. The van der Waals surface area contributed by atoms with Gasteiger partial charge in [0.05, 0.1) is 17.3 Å². The van der Waals surface area contributed by atoms with Crippen LogP contribution in [0.15, 0.2) is 23.3 Å². The predicted molar refractivity (Wildman–Crippen MR) is 85.5 cm³/mol. The summed E-state index contributed by atoms with van der Waals surface area (Å²) < 4.78 is 67.3.